The second-order valence-electron chi connectivity index (χ2n) is 8.51. The van der Waals surface area contributed by atoms with Crippen LogP contribution in [-0.2, 0) is 35.5 Å². The highest BCUT2D eigenvalue weighted by Gasteiger charge is 2.24. The molecule has 0 radical (unpaired) electrons. The van der Waals surface area contributed by atoms with Gasteiger partial charge in [-0.25, -0.2) is 0 Å². The number of thioether (sulfide) groups is 2. The fourth-order valence-corrected chi connectivity index (χ4v) is 7.31. The third kappa shape index (κ3) is 5.40. The van der Waals surface area contributed by atoms with Crippen molar-refractivity contribution in [3.63, 3.8) is 0 Å². The van der Waals surface area contributed by atoms with E-state index < -0.39 is 0 Å². The van der Waals surface area contributed by atoms with Crippen molar-refractivity contribution < 1.29 is 9.59 Å². The van der Waals surface area contributed by atoms with Crippen molar-refractivity contribution in [1.82, 2.24) is 14.2 Å². The second-order valence-corrected chi connectivity index (χ2v) is 11.5. The highest BCUT2D eigenvalue weighted by atomic mass is 32.2. The molecule has 2 aromatic carbocycles. The molecule has 2 amide bonds. The summed E-state index contributed by atoms with van der Waals surface area (Å²) in [5.41, 5.74) is 5.49. The molecular formula is C26H24N4O2S3. The number of carbonyl (C=O) groups excluding carboxylic acids is 2. The Morgan fingerprint density at radius 1 is 0.857 bits per heavy atom. The standard InChI is InChI=1S/C26H24N4O2S3/c27-13-22-25(33-16-23(31)29-11-9-18-5-1-3-7-20(18)14-29)28-35-26(22)34-17-24(32)30-12-10-19-6-2-4-8-21(19)15-30/h1-8H,9-12,14-17H2. The van der Waals surface area contributed by atoms with Crippen LogP contribution in [0.3, 0.4) is 0 Å². The van der Waals surface area contributed by atoms with Crippen LogP contribution in [0.15, 0.2) is 57.8 Å². The van der Waals surface area contributed by atoms with E-state index in [2.05, 4.69) is 34.7 Å². The smallest absolute Gasteiger partial charge is 0.233 e. The first-order chi connectivity index (χ1) is 17.1. The largest absolute Gasteiger partial charge is 0.337 e. The van der Waals surface area contributed by atoms with E-state index >= 15 is 0 Å². The summed E-state index contributed by atoms with van der Waals surface area (Å²) in [6, 6.07) is 18.7. The molecule has 5 rings (SSSR count). The van der Waals surface area contributed by atoms with Crippen LogP contribution in [-0.4, -0.2) is 50.6 Å². The van der Waals surface area contributed by atoms with Crippen molar-refractivity contribution >= 4 is 46.9 Å². The maximum atomic E-state index is 12.8. The average molecular weight is 521 g/mol. The average Bonchev–Trinajstić information content (AvgIpc) is 3.31. The molecule has 35 heavy (non-hydrogen) atoms. The Balaban J connectivity index is 1.15. The van der Waals surface area contributed by atoms with E-state index in [0.717, 1.165) is 17.1 Å². The molecule has 9 heteroatoms. The molecule has 3 aromatic rings. The molecule has 178 valence electrons. The van der Waals surface area contributed by atoms with E-state index in [-0.39, 0.29) is 23.3 Å². The van der Waals surface area contributed by atoms with Gasteiger partial charge in [-0.1, -0.05) is 60.3 Å². The van der Waals surface area contributed by atoms with Gasteiger partial charge in [0.25, 0.3) is 0 Å². The first-order valence-electron chi connectivity index (χ1n) is 11.5. The third-order valence-corrected chi connectivity index (χ3v) is 9.52. The lowest BCUT2D eigenvalue weighted by molar-refractivity contribution is -0.130. The Morgan fingerprint density at radius 2 is 1.37 bits per heavy atom. The van der Waals surface area contributed by atoms with Gasteiger partial charge in [0, 0.05) is 26.2 Å². The molecular weight excluding hydrogens is 497 g/mol. The van der Waals surface area contributed by atoms with Crippen LogP contribution in [0.5, 0.6) is 0 Å². The lowest BCUT2D eigenvalue weighted by Crippen LogP contribution is -2.37. The Labute approximate surface area is 217 Å². The Bertz CT molecular complexity index is 1210. The minimum atomic E-state index is 0.0520. The van der Waals surface area contributed by atoms with Gasteiger partial charge in [-0.3, -0.25) is 9.59 Å². The summed E-state index contributed by atoms with van der Waals surface area (Å²) in [6.07, 6.45) is 1.73. The number of nitriles is 1. The number of benzene rings is 2. The number of aromatic nitrogens is 1. The summed E-state index contributed by atoms with van der Waals surface area (Å²) in [7, 11) is 0. The van der Waals surface area contributed by atoms with E-state index in [9.17, 15) is 14.9 Å². The quantitative estimate of drug-likeness (QED) is 0.449. The molecule has 1 aromatic heterocycles. The van der Waals surface area contributed by atoms with Gasteiger partial charge in [-0.2, -0.15) is 9.64 Å². The highest BCUT2D eigenvalue weighted by Crippen LogP contribution is 2.35. The highest BCUT2D eigenvalue weighted by molar-refractivity contribution is 8.02. The lowest BCUT2D eigenvalue weighted by atomic mass is 10.00. The maximum absolute atomic E-state index is 12.8. The van der Waals surface area contributed by atoms with Gasteiger partial charge in [0.2, 0.25) is 11.8 Å². The van der Waals surface area contributed by atoms with Crippen LogP contribution >= 0.6 is 35.1 Å². The van der Waals surface area contributed by atoms with Crippen LogP contribution in [0.1, 0.15) is 27.8 Å². The number of carbonyl (C=O) groups is 2. The zero-order chi connectivity index (χ0) is 24.2. The predicted molar refractivity (Wildman–Crippen MR) is 139 cm³/mol. The number of fused-ring (bicyclic) bond motifs is 2. The Kier molecular flexibility index (Phi) is 7.42. The molecule has 0 N–H and O–H groups in total. The molecule has 0 spiro atoms. The monoisotopic (exact) mass is 520 g/mol. The molecule has 0 aliphatic carbocycles. The summed E-state index contributed by atoms with van der Waals surface area (Å²) in [4.78, 5) is 29.4. The summed E-state index contributed by atoms with van der Waals surface area (Å²) < 4.78 is 5.16. The summed E-state index contributed by atoms with van der Waals surface area (Å²) in [5.74, 6) is 0.638. The summed E-state index contributed by atoms with van der Waals surface area (Å²) >= 11 is 3.90. The van der Waals surface area contributed by atoms with Gasteiger partial charge in [0.15, 0.2) is 0 Å². The van der Waals surface area contributed by atoms with Crippen molar-refractivity contribution in [2.75, 3.05) is 24.6 Å². The van der Waals surface area contributed by atoms with E-state index in [1.165, 1.54) is 57.3 Å². The maximum Gasteiger partial charge on any atom is 0.233 e. The van der Waals surface area contributed by atoms with E-state index in [1.807, 2.05) is 34.1 Å². The topological polar surface area (TPSA) is 77.3 Å². The van der Waals surface area contributed by atoms with Crippen molar-refractivity contribution in [1.29, 1.82) is 5.26 Å². The fraction of sp³-hybridized carbons (Fsp3) is 0.308. The summed E-state index contributed by atoms with van der Waals surface area (Å²) in [6.45, 7) is 2.69. The Morgan fingerprint density at radius 3 is 1.91 bits per heavy atom. The molecule has 0 saturated carbocycles. The number of rotatable bonds is 6. The van der Waals surface area contributed by atoms with Crippen molar-refractivity contribution in [2.45, 2.75) is 35.2 Å². The second kappa shape index (κ2) is 10.9. The van der Waals surface area contributed by atoms with Gasteiger partial charge < -0.3 is 9.80 Å². The van der Waals surface area contributed by atoms with Crippen molar-refractivity contribution in [3.8, 4) is 6.07 Å². The molecule has 0 atom stereocenters. The van der Waals surface area contributed by atoms with Crippen LogP contribution in [0.25, 0.3) is 0 Å². The molecule has 2 aliphatic heterocycles. The van der Waals surface area contributed by atoms with E-state index in [4.69, 9.17) is 0 Å². The molecule has 6 nitrogen and oxygen atoms in total. The van der Waals surface area contributed by atoms with Gasteiger partial charge in [0.1, 0.15) is 20.9 Å². The van der Waals surface area contributed by atoms with Crippen LogP contribution in [0, 0.1) is 11.3 Å². The van der Waals surface area contributed by atoms with Crippen molar-refractivity contribution in [2.24, 2.45) is 0 Å². The minimum Gasteiger partial charge on any atom is -0.337 e. The number of nitrogens with zero attached hydrogens (tertiary/aromatic N) is 4. The van der Waals surface area contributed by atoms with Gasteiger partial charge in [-0.05, 0) is 46.6 Å². The molecule has 0 fully saturated rings. The van der Waals surface area contributed by atoms with Crippen LogP contribution in [0.4, 0.5) is 0 Å². The molecule has 2 aliphatic rings. The molecule has 3 heterocycles. The van der Waals surface area contributed by atoms with Gasteiger partial charge >= 0.3 is 0 Å². The van der Waals surface area contributed by atoms with Crippen molar-refractivity contribution in [3.05, 3.63) is 76.3 Å². The van der Waals surface area contributed by atoms with E-state index in [1.54, 1.807) is 0 Å². The number of amides is 2. The number of hydrogen-bond acceptors (Lipinski definition) is 7. The molecule has 0 saturated heterocycles. The Hall–Kier alpha value is -2.80. The minimum absolute atomic E-state index is 0.0520. The first-order valence-corrected chi connectivity index (χ1v) is 14.2. The predicted octanol–water partition coefficient (Wildman–Crippen LogP) is 4.37. The normalized spacial score (nSPS) is 14.7. The third-order valence-electron chi connectivity index (χ3n) is 6.37. The zero-order valence-corrected chi connectivity index (χ0v) is 21.6. The molecule has 0 unspecified atom stereocenters. The lowest BCUT2D eigenvalue weighted by Gasteiger charge is -2.28. The van der Waals surface area contributed by atoms with Crippen LogP contribution in [0.2, 0.25) is 0 Å². The fourth-order valence-electron chi connectivity index (χ4n) is 4.41. The van der Waals surface area contributed by atoms with Gasteiger partial charge in [0.05, 0.1) is 11.5 Å². The number of hydrogen-bond donors (Lipinski definition) is 0. The first kappa shape index (κ1) is 23.9. The van der Waals surface area contributed by atoms with E-state index in [0.29, 0.717) is 36.8 Å². The summed E-state index contributed by atoms with van der Waals surface area (Å²) in [5, 5.41) is 10.3. The zero-order valence-electron chi connectivity index (χ0n) is 19.1. The SMILES string of the molecule is N#Cc1c(SCC(=O)N2CCc3ccccc3C2)nsc1SCC(=O)N1CCc2ccccc2C1. The van der Waals surface area contributed by atoms with Crippen LogP contribution < -0.4 is 0 Å². The molecule has 0 bridgehead atoms. The van der Waals surface area contributed by atoms with Gasteiger partial charge in [-0.15, -0.1) is 11.8 Å².